The fourth-order valence-electron chi connectivity index (χ4n) is 4.12. The summed E-state index contributed by atoms with van der Waals surface area (Å²) in [4.78, 5) is 17.2. The third kappa shape index (κ3) is 6.94. The molecule has 0 aromatic heterocycles. The monoisotopic (exact) mass is 415 g/mol. The molecule has 0 spiro atoms. The SMILES string of the molecule is Cc1ccccc1CN1CCN(C(=O)CC(C)C2CCCNC2)CC1.Cl.Cl. The van der Waals surface area contributed by atoms with E-state index in [1.807, 2.05) is 0 Å². The van der Waals surface area contributed by atoms with E-state index < -0.39 is 0 Å². The number of piperazine rings is 1. The molecule has 0 aliphatic carbocycles. The number of carbonyl (C=O) groups is 1. The van der Waals surface area contributed by atoms with E-state index in [1.54, 1.807) is 0 Å². The van der Waals surface area contributed by atoms with Crippen LogP contribution < -0.4 is 5.32 Å². The van der Waals surface area contributed by atoms with Crippen LogP contribution in [0.4, 0.5) is 0 Å². The predicted octanol–water partition coefficient (Wildman–Crippen LogP) is 3.51. The summed E-state index contributed by atoms with van der Waals surface area (Å²) in [5.74, 6) is 1.51. The number of nitrogens with one attached hydrogen (secondary N) is 1. The standard InChI is InChI=1S/C21H33N3O.2ClH/c1-17-6-3-4-7-20(17)16-23-10-12-24(13-11-23)21(25)14-18(2)19-8-5-9-22-15-19;;/h3-4,6-7,18-19,22H,5,8-16H2,1-2H3;2*1H. The van der Waals surface area contributed by atoms with Crippen LogP contribution in [0.3, 0.4) is 0 Å². The zero-order chi connectivity index (χ0) is 17.6. The topological polar surface area (TPSA) is 35.6 Å². The van der Waals surface area contributed by atoms with Crippen LogP contribution in [-0.4, -0.2) is 55.0 Å². The number of nitrogens with zero attached hydrogens (tertiary/aromatic N) is 2. The number of halogens is 2. The second-order valence-corrected chi connectivity index (χ2v) is 7.87. The quantitative estimate of drug-likeness (QED) is 0.798. The summed E-state index contributed by atoms with van der Waals surface area (Å²) in [6.45, 7) is 11.4. The molecule has 1 aromatic carbocycles. The van der Waals surface area contributed by atoms with Crippen LogP contribution in [0.5, 0.6) is 0 Å². The summed E-state index contributed by atoms with van der Waals surface area (Å²) < 4.78 is 0. The van der Waals surface area contributed by atoms with Gasteiger partial charge in [-0.25, -0.2) is 0 Å². The van der Waals surface area contributed by atoms with Gasteiger partial charge in [-0.05, 0) is 55.8 Å². The number of benzene rings is 1. The van der Waals surface area contributed by atoms with E-state index in [4.69, 9.17) is 0 Å². The summed E-state index contributed by atoms with van der Waals surface area (Å²) in [5.41, 5.74) is 2.76. The molecular formula is C21H35Cl2N3O. The summed E-state index contributed by atoms with van der Waals surface area (Å²) in [6, 6.07) is 8.60. The van der Waals surface area contributed by atoms with Crippen LogP contribution in [0.2, 0.25) is 0 Å². The van der Waals surface area contributed by atoms with Gasteiger partial charge >= 0.3 is 0 Å². The Kier molecular flexibility index (Phi) is 10.7. The molecule has 2 heterocycles. The van der Waals surface area contributed by atoms with Crippen molar-refractivity contribution >= 4 is 30.7 Å². The second-order valence-electron chi connectivity index (χ2n) is 7.87. The maximum absolute atomic E-state index is 12.7. The van der Waals surface area contributed by atoms with Crippen molar-refractivity contribution in [2.75, 3.05) is 39.3 Å². The van der Waals surface area contributed by atoms with Gasteiger partial charge in [0.1, 0.15) is 0 Å². The zero-order valence-electron chi connectivity index (χ0n) is 16.7. The second kappa shape index (κ2) is 11.9. The Hall–Kier alpha value is -0.810. The van der Waals surface area contributed by atoms with Crippen molar-refractivity contribution in [1.82, 2.24) is 15.1 Å². The lowest BCUT2D eigenvalue weighted by molar-refractivity contribution is -0.134. The molecule has 2 aliphatic rings. The normalized spacial score (nSPS) is 21.7. The third-order valence-electron chi connectivity index (χ3n) is 6.02. The molecule has 27 heavy (non-hydrogen) atoms. The Morgan fingerprint density at radius 2 is 1.89 bits per heavy atom. The summed E-state index contributed by atoms with van der Waals surface area (Å²) in [7, 11) is 0. The van der Waals surface area contributed by atoms with Gasteiger partial charge < -0.3 is 10.2 Å². The highest BCUT2D eigenvalue weighted by Gasteiger charge is 2.26. The lowest BCUT2D eigenvalue weighted by Gasteiger charge is -2.36. The number of hydrogen-bond acceptors (Lipinski definition) is 3. The summed E-state index contributed by atoms with van der Waals surface area (Å²) >= 11 is 0. The van der Waals surface area contributed by atoms with Crippen LogP contribution in [0.15, 0.2) is 24.3 Å². The van der Waals surface area contributed by atoms with E-state index in [9.17, 15) is 4.79 Å². The number of amides is 1. The van der Waals surface area contributed by atoms with Crippen molar-refractivity contribution < 1.29 is 4.79 Å². The fourth-order valence-corrected chi connectivity index (χ4v) is 4.12. The molecule has 1 aromatic rings. The zero-order valence-corrected chi connectivity index (χ0v) is 18.3. The molecule has 154 valence electrons. The molecule has 4 nitrogen and oxygen atoms in total. The molecule has 3 rings (SSSR count). The van der Waals surface area contributed by atoms with Gasteiger partial charge in [0.25, 0.3) is 0 Å². The van der Waals surface area contributed by atoms with Gasteiger partial charge in [-0.2, -0.15) is 0 Å². The first-order chi connectivity index (χ1) is 12.1. The average Bonchev–Trinajstić information content (AvgIpc) is 2.65. The summed E-state index contributed by atoms with van der Waals surface area (Å²) in [5, 5.41) is 3.47. The van der Waals surface area contributed by atoms with Gasteiger partial charge in [-0.3, -0.25) is 9.69 Å². The number of hydrogen-bond donors (Lipinski definition) is 1. The van der Waals surface area contributed by atoms with Crippen molar-refractivity contribution in [2.45, 2.75) is 39.7 Å². The number of rotatable bonds is 5. The van der Waals surface area contributed by atoms with E-state index in [2.05, 4.69) is 53.2 Å². The smallest absolute Gasteiger partial charge is 0.222 e. The molecule has 2 saturated heterocycles. The fraction of sp³-hybridized carbons (Fsp3) is 0.667. The minimum atomic E-state index is 0. The van der Waals surface area contributed by atoms with Gasteiger partial charge in [-0.1, -0.05) is 31.2 Å². The van der Waals surface area contributed by atoms with Crippen LogP contribution in [0.1, 0.15) is 37.3 Å². The van der Waals surface area contributed by atoms with Gasteiger partial charge in [0, 0.05) is 39.1 Å². The van der Waals surface area contributed by atoms with Gasteiger partial charge in [0.2, 0.25) is 5.91 Å². The van der Waals surface area contributed by atoms with Crippen molar-refractivity contribution in [2.24, 2.45) is 11.8 Å². The number of aryl methyl sites for hydroxylation is 1. The molecule has 2 unspecified atom stereocenters. The van der Waals surface area contributed by atoms with Gasteiger partial charge in [0.15, 0.2) is 0 Å². The lowest BCUT2D eigenvalue weighted by Crippen LogP contribution is -2.49. The molecule has 2 aliphatic heterocycles. The van der Waals surface area contributed by atoms with Crippen molar-refractivity contribution in [3.8, 4) is 0 Å². The molecule has 0 bridgehead atoms. The predicted molar refractivity (Wildman–Crippen MR) is 117 cm³/mol. The average molecular weight is 416 g/mol. The molecule has 2 fully saturated rings. The van der Waals surface area contributed by atoms with Crippen LogP contribution in [-0.2, 0) is 11.3 Å². The minimum Gasteiger partial charge on any atom is -0.340 e. The van der Waals surface area contributed by atoms with Crippen LogP contribution in [0.25, 0.3) is 0 Å². The Balaban J connectivity index is 0.00000182. The largest absolute Gasteiger partial charge is 0.340 e. The lowest BCUT2D eigenvalue weighted by atomic mass is 9.85. The number of piperidine rings is 1. The van der Waals surface area contributed by atoms with Crippen LogP contribution >= 0.6 is 24.8 Å². The van der Waals surface area contributed by atoms with E-state index >= 15 is 0 Å². The Morgan fingerprint density at radius 3 is 2.52 bits per heavy atom. The Bertz CT molecular complexity index is 570. The summed E-state index contributed by atoms with van der Waals surface area (Å²) in [6.07, 6.45) is 3.23. The van der Waals surface area contributed by atoms with Crippen molar-refractivity contribution in [1.29, 1.82) is 0 Å². The number of carbonyl (C=O) groups excluding carboxylic acids is 1. The van der Waals surface area contributed by atoms with E-state index in [0.29, 0.717) is 24.2 Å². The van der Waals surface area contributed by atoms with Gasteiger partial charge in [-0.15, -0.1) is 24.8 Å². The first kappa shape index (κ1) is 24.2. The van der Waals surface area contributed by atoms with E-state index in [-0.39, 0.29) is 24.8 Å². The molecule has 6 heteroatoms. The maximum Gasteiger partial charge on any atom is 0.222 e. The molecule has 2 atom stereocenters. The molecular weight excluding hydrogens is 381 g/mol. The van der Waals surface area contributed by atoms with E-state index in [1.165, 1.54) is 24.0 Å². The Labute approximate surface area is 176 Å². The molecule has 1 N–H and O–H groups in total. The highest BCUT2D eigenvalue weighted by atomic mass is 35.5. The first-order valence-electron chi connectivity index (χ1n) is 9.89. The van der Waals surface area contributed by atoms with E-state index in [0.717, 1.165) is 45.8 Å². The molecule has 0 radical (unpaired) electrons. The maximum atomic E-state index is 12.7. The van der Waals surface area contributed by atoms with Crippen LogP contribution in [0, 0.1) is 18.8 Å². The highest BCUT2D eigenvalue weighted by molar-refractivity contribution is 5.85. The first-order valence-corrected chi connectivity index (χ1v) is 9.89. The molecule has 1 amide bonds. The highest BCUT2D eigenvalue weighted by Crippen LogP contribution is 2.23. The molecule has 0 saturated carbocycles. The van der Waals surface area contributed by atoms with Gasteiger partial charge in [0.05, 0.1) is 0 Å². The minimum absolute atomic E-state index is 0. The van der Waals surface area contributed by atoms with Crippen molar-refractivity contribution in [3.63, 3.8) is 0 Å². The van der Waals surface area contributed by atoms with Crippen molar-refractivity contribution in [3.05, 3.63) is 35.4 Å². The Morgan fingerprint density at radius 1 is 1.19 bits per heavy atom. The third-order valence-corrected chi connectivity index (χ3v) is 6.02.